The number of fused-ring (bicyclic) bond motifs is 1. The van der Waals surface area contributed by atoms with Crippen LogP contribution in [0, 0.1) is 5.82 Å². The monoisotopic (exact) mass is 568 g/mol. The minimum atomic E-state index is -1.41. The number of alkyl halides is 1. The van der Waals surface area contributed by atoms with Gasteiger partial charge >= 0.3 is 0 Å². The predicted molar refractivity (Wildman–Crippen MR) is 148 cm³/mol. The van der Waals surface area contributed by atoms with E-state index < -0.39 is 47.3 Å². The zero-order chi connectivity index (χ0) is 27.4. The van der Waals surface area contributed by atoms with Crippen LogP contribution >= 0.6 is 23.4 Å². The van der Waals surface area contributed by atoms with E-state index in [1.165, 1.54) is 23.4 Å². The van der Waals surface area contributed by atoms with Crippen LogP contribution in [0.4, 0.5) is 4.39 Å². The summed E-state index contributed by atoms with van der Waals surface area (Å²) in [6.07, 6.45) is 7.11. The molecule has 4 rings (SSSR count). The van der Waals surface area contributed by atoms with Gasteiger partial charge in [-0.3, -0.25) is 4.79 Å². The second kappa shape index (κ2) is 13.3. The van der Waals surface area contributed by atoms with Gasteiger partial charge in [0.05, 0.1) is 17.5 Å². The fourth-order valence-corrected chi connectivity index (χ4v) is 6.46. The molecule has 0 aromatic heterocycles. The van der Waals surface area contributed by atoms with Crippen molar-refractivity contribution in [3.63, 3.8) is 0 Å². The Labute approximate surface area is 232 Å². The molecule has 5 unspecified atom stereocenters. The average Bonchev–Trinajstić information content (AvgIpc) is 3.13. The number of allylic oxidation sites excluding steroid dienone is 2. The zero-order valence-electron chi connectivity index (χ0n) is 21.7. The van der Waals surface area contributed by atoms with Crippen LogP contribution in [-0.4, -0.2) is 81.3 Å². The molecular formula is C28H38ClFN2O5S. The summed E-state index contributed by atoms with van der Waals surface area (Å²) < 4.78 is 19.5. The van der Waals surface area contributed by atoms with Crippen LogP contribution < -0.4 is 10.6 Å². The third-order valence-corrected chi connectivity index (χ3v) is 8.92. The highest BCUT2D eigenvalue weighted by Gasteiger charge is 2.48. The number of rotatable bonds is 8. The number of ether oxygens (including phenoxy) is 1. The molecule has 0 radical (unpaired) electrons. The third-order valence-electron chi connectivity index (χ3n) is 7.80. The molecular weight excluding hydrogens is 531 g/mol. The second-order valence-corrected chi connectivity index (χ2v) is 12.0. The van der Waals surface area contributed by atoms with Crippen LogP contribution in [0.1, 0.15) is 49.7 Å². The number of hydrogen-bond donors (Lipinski definition) is 5. The Bertz CT molecular complexity index is 1040. The maximum absolute atomic E-state index is 13.7. The van der Waals surface area contributed by atoms with Crippen LogP contribution in [0.5, 0.6) is 0 Å². The van der Waals surface area contributed by atoms with Crippen LogP contribution in [0.25, 0.3) is 0 Å². The average molecular weight is 569 g/mol. The smallest absolute Gasteiger partial charge is 0.237 e. The topological polar surface area (TPSA) is 111 Å². The largest absolute Gasteiger partial charge is 0.388 e. The number of nitrogens with one attached hydrogen (secondary N) is 2. The van der Waals surface area contributed by atoms with E-state index in [1.807, 2.05) is 6.07 Å². The fraction of sp³-hybridized carbons (Fsp3) is 0.607. The highest BCUT2D eigenvalue weighted by atomic mass is 35.5. The summed E-state index contributed by atoms with van der Waals surface area (Å²) in [6.45, 7) is 2.31. The molecule has 10 heteroatoms. The fourth-order valence-electron chi connectivity index (χ4n) is 5.57. The van der Waals surface area contributed by atoms with Gasteiger partial charge in [-0.2, -0.15) is 0 Å². The molecule has 1 aliphatic carbocycles. The van der Waals surface area contributed by atoms with Gasteiger partial charge in [-0.1, -0.05) is 29.9 Å². The number of aliphatic hydroxyl groups excluding tert-OH is 3. The van der Waals surface area contributed by atoms with Crippen molar-refractivity contribution in [3.8, 4) is 0 Å². The first-order valence-corrected chi connectivity index (χ1v) is 15.0. The quantitative estimate of drug-likeness (QED) is 0.307. The van der Waals surface area contributed by atoms with Gasteiger partial charge in [0.2, 0.25) is 5.91 Å². The molecule has 7 nitrogen and oxygen atoms in total. The first-order valence-electron chi connectivity index (χ1n) is 13.2. The van der Waals surface area contributed by atoms with Gasteiger partial charge in [-0.25, -0.2) is 4.39 Å². The van der Waals surface area contributed by atoms with E-state index in [0.717, 1.165) is 36.8 Å². The number of halogens is 2. The molecule has 3 aliphatic rings. The lowest BCUT2D eigenvalue weighted by atomic mass is 9.93. The maximum Gasteiger partial charge on any atom is 0.237 e. The van der Waals surface area contributed by atoms with Gasteiger partial charge in [0.1, 0.15) is 35.7 Å². The number of aliphatic hydroxyl groups is 3. The Kier molecular flexibility index (Phi) is 10.3. The van der Waals surface area contributed by atoms with Crippen molar-refractivity contribution in [2.45, 2.75) is 92.3 Å². The van der Waals surface area contributed by atoms with E-state index in [-0.39, 0.29) is 11.7 Å². The van der Waals surface area contributed by atoms with E-state index >= 15 is 0 Å². The summed E-state index contributed by atoms with van der Waals surface area (Å²) in [5, 5.41) is 36.6. The molecule has 1 amide bonds. The summed E-state index contributed by atoms with van der Waals surface area (Å²) in [6, 6.07) is 3.82. The first-order chi connectivity index (χ1) is 18.2. The maximum atomic E-state index is 13.7. The minimum absolute atomic E-state index is 0.185. The Hall–Kier alpha value is -1.46. The minimum Gasteiger partial charge on any atom is -0.388 e. The molecule has 9 atom stereocenters. The van der Waals surface area contributed by atoms with E-state index in [4.69, 9.17) is 16.3 Å². The number of aryl methyl sites for hydroxylation is 1. The van der Waals surface area contributed by atoms with Gasteiger partial charge in [0.15, 0.2) is 0 Å². The normalized spacial score (nSPS) is 33.3. The molecule has 1 aromatic carbocycles. The van der Waals surface area contributed by atoms with Crippen molar-refractivity contribution >= 4 is 29.3 Å². The molecule has 1 aromatic rings. The lowest BCUT2D eigenvalue weighted by Gasteiger charge is -2.44. The number of amides is 1. The third kappa shape index (κ3) is 6.81. The van der Waals surface area contributed by atoms with Crippen molar-refractivity contribution in [2.24, 2.45) is 0 Å². The second-order valence-electron chi connectivity index (χ2n) is 10.4. The molecule has 1 saturated heterocycles. The van der Waals surface area contributed by atoms with Gasteiger partial charge in [0, 0.05) is 0 Å². The number of hydrogen-bond acceptors (Lipinski definition) is 7. The van der Waals surface area contributed by atoms with Crippen molar-refractivity contribution in [1.82, 2.24) is 10.6 Å². The van der Waals surface area contributed by atoms with Crippen LogP contribution in [-0.2, 0) is 16.0 Å². The standard InChI is InChI=1S/C28H38ClFN2O5S/c1-15(29)22(26-24(34)23(33)25(35)28(37-26)38-2)32-27(36)21-11-6-16(12-13-31-21)4-3-5-17-7-8-18-9-10-19(30)14-20(17)18/h3-4,6,9-10,14-15,17,21-26,28,31,33-35H,5,7-8,11-13H2,1-2H3,(H,32,36)/b4-3+/t15-,17?,21?,22+,23?,24?,25+,26+,28?/m0/s1. The molecule has 1 fully saturated rings. The van der Waals surface area contributed by atoms with Crippen LogP contribution in [0.3, 0.4) is 0 Å². The molecule has 0 saturated carbocycles. The van der Waals surface area contributed by atoms with Crippen molar-refractivity contribution in [2.75, 3.05) is 12.8 Å². The van der Waals surface area contributed by atoms with E-state index in [2.05, 4.69) is 28.9 Å². The van der Waals surface area contributed by atoms with E-state index in [1.54, 1.807) is 19.2 Å². The van der Waals surface area contributed by atoms with Gasteiger partial charge in [-0.05, 0) is 81.0 Å². The first kappa shape index (κ1) is 29.5. The van der Waals surface area contributed by atoms with E-state index in [9.17, 15) is 24.5 Å². The summed E-state index contributed by atoms with van der Waals surface area (Å²) in [7, 11) is 0. The molecule has 38 heavy (non-hydrogen) atoms. The predicted octanol–water partition coefficient (Wildman–Crippen LogP) is 2.76. The summed E-state index contributed by atoms with van der Waals surface area (Å²) >= 11 is 7.60. The van der Waals surface area contributed by atoms with Crippen molar-refractivity contribution in [3.05, 3.63) is 58.9 Å². The molecule has 2 aliphatic heterocycles. The van der Waals surface area contributed by atoms with Gasteiger partial charge in [-0.15, -0.1) is 23.4 Å². The molecule has 5 N–H and O–H groups in total. The Balaban J connectivity index is 1.35. The molecule has 210 valence electrons. The highest BCUT2D eigenvalue weighted by Crippen LogP contribution is 2.36. The van der Waals surface area contributed by atoms with Crippen LogP contribution in [0.2, 0.25) is 0 Å². The molecule has 2 heterocycles. The number of benzene rings is 1. The molecule has 0 bridgehead atoms. The lowest BCUT2D eigenvalue weighted by molar-refractivity contribution is -0.205. The summed E-state index contributed by atoms with van der Waals surface area (Å²) in [5.41, 5.74) is 2.74. The van der Waals surface area contributed by atoms with Gasteiger partial charge in [0.25, 0.3) is 0 Å². The lowest BCUT2D eigenvalue weighted by Crippen LogP contribution is -2.65. The Morgan fingerprint density at radius 1 is 1.29 bits per heavy atom. The molecule has 0 spiro atoms. The van der Waals surface area contributed by atoms with Crippen LogP contribution in [0.15, 0.2) is 42.0 Å². The summed E-state index contributed by atoms with van der Waals surface area (Å²) in [4.78, 5) is 13.2. The van der Waals surface area contributed by atoms with Crippen molar-refractivity contribution < 1.29 is 29.2 Å². The number of thioether (sulfide) groups is 1. The van der Waals surface area contributed by atoms with Crippen molar-refractivity contribution in [1.29, 1.82) is 0 Å². The zero-order valence-corrected chi connectivity index (χ0v) is 23.3. The number of carbonyl (C=O) groups excluding carboxylic acids is 1. The SMILES string of the molecule is CSC1O[C@H]([C@H](NC(=O)C2CC=C(/C=C/CC3CCc4ccc(F)cc43)CCN2)[C@H](C)Cl)C(O)C(O)[C@H]1O. The number of carbonyl (C=O) groups is 1. The summed E-state index contributed by atoms with van der Waals surface area (Å²) in [5.74, 6) is -0.127. The Morgan fingerprint density at radius 3 is 2.82 bits per heavy atom. The highest BCUT2D eigenvalue weighted by molar-refractivity contribution is 7.99. The Morgan fingerprint density at radius 2 is 2.08 bits per heavy atom. The van der Waals surface area contributed by atoms with Gasteiger partial charge < -0.3 is 30.7 Å². The van der Waals surface area contributed by atoms with E-state index in [0.29, 0.717) is 18.9 Å².